The predicted molar refractivity (Wildman–Crippen MR) is 110 cm³/mol. The molecule has 0 fully saturated rings. The fourth-order valence-corrected chi connectivity index (χ4v) is 2.77. The Morgan fingerprint density at radius 2 is 1.78 bits per heavy atom. The number of carbonyl (C=O) groups is 1. The van der Waals surface area contributed by atoms with Crippen LogP contribution in [0.3, 0.4) is 0 Å². The van der Waals surface area contributed by atoms with E-state index in [1.807, 2.05) is 50.2 Å². The first-order valence-electron chi connectivity index (χ1n) is 9.42. The largest absolute Gasteiger partial charge is 0.491 e. The van der Waals surface area contributed by atoms with E-state index in [1.165, 1.54) is 0 Å². The lowest BCUT2D eigenvalue weighted by Crippen LogP contribution is -2.38. The minimum Gasteiger partial charge on any atom is -0.491 e. The summed E-state index contributed by atoms with van der Waals surface area (Å²) in [6, 6.07) is 14.0. The Balaban J connectivity index is 1.84. The van der Waals surface area contributed by atoms with Gasteiger partial charge in [0.05, 0.1) is 6.54 Å². The van der Waals surface area contributed by atoms with Crippen LogP contribution >= 0.6 is 0 Å². The van der Waals surface area contributed by atoms with Crippen molar-refractivity contribution in [2.24, 2.45) is 0 Å². The number of ether oxygens (including phenoxy) is 2. The quantitative estimate of drug-likeness (QED) is 0.728. The third-order valence-electron chi connectivity index (χ3n) is 4.37. The van der Waals surface area contributed by atoms with Gasteiger partial charge in [0.1, 0.15) is 18.1 Å². The van der Waals surface area contributed by atoms with Crippen molar-refractivity contribution < 1.29 is 14.3 Å². The van der Waals surface area contributed by atoms with Crippen molar-refractivity contribution in [2.75, 3.05) is 13.2 Å². The first-order chi connectivity index (χ1) is 12.7. The van der Waals surface area contributed by atoms with Gasteiger partial charge in [-0.2, -0.15) is 0 Å². The number of nitrogens with one attached hydrogen (secondary N) is 1. The molecule has 0 aliphatic heterocycles. The van der Waals surface area contributed by atoms with E-state index >= 15 is 0 Å². The molecular formula is C23H31NO3. The topological polar surface area (TPSA) is 47.6 Å². The first kappa shape index (κ1) is 20.8. The molecule has 0 aliphatic carbocycles. The van der Waals surface area contributed by atoms with E-state index in [4.69, 9.17) is 9.47 Å². The maximum absolute atomic E-state index is 12.3. The molecule has 0 spiro atoms. The number of carbonyl (C=O) groups excluding carboxylic acids is 1. The molecule has 0 saturated carbocycles. The van der Waals surface area contributed by atoms with Gasteiger partial charge in [0.25, 0.3) is 5.91 Å². The van der Waals surface area contributed by atoms with Gasteiger partial charge in [0, 0.05) is 0 Å². The molecule has 146 valence electrons. The molecule has 2 aromatic rings. The normalized spacial score (nSPS) is 12.4. The first-order valence-corrected chi connectivity index (χ1v) is 9.42. The zero-order valence-corrected chi connectivity index (χ0v) is 17.3. The van der Waals surface area contributed by atoms with Gasteiger partial charge in [-0.25, -0.2) is 0 Å². The summed E-state index contributed by atoms with van der Waals surface area (Å²) < 4.78 is 11.7. The highest BCUT2D eigenvalue weighted by atomic mass is 16.5. The molecule has 1 atom stereocenters. The summed E-state index contributed by atoms with van der Waals surface area (Å²) in [5.74, 6) is 1.45. The summed E-state index contributed by atoms with van der Waals surface area (Å²) in [5, 5.41) is 2.88. The van der Waals surface area contributed by atoms with Crippen molar-refractivity contribution in [3.05, 3.63) is 59.2 Å². The summed E-state index contributed by atoms with van der Waals surface area (Å²) in [6.45, 7) is 13.0. The molecule has 27 heavy (non-hydrogen) atoms. The molecule has 1 N–H and O–H groups in total. The molecule has 4 nitrogen and oxygen atoms in total. The average molecular weight is 370 g/mol. The van der Waals surface area contributed by atoms with Crippen LogP contribution in [-0.2, 0) is 10.2 Å². The number of hydrogen-bond acceptors (Lipinski definition) is 3. The third-order valence-corrected chi connectivity index (χ3v) is 4.37. The SMILES string of the molecule is Cc1ccc(C)c(O[C@@H](C)C(=O)NCCOc2ccccc2C(C)(C)C)c1. The number of hydrogen-bond donors (Lipinski definition) is 1. The Morgan fingerprint density at radius 1 is 1.07 bits per heavy atom. The van der Waals surface area contributed by atoms with Gasteiger partial charge in [-0.3, -0.25) is 4.79 Å². The van der Waals surface area contributed by atoms with Crippen LogP contribution in [0.1, 0.15) is 44.4 Å². The van der Waals surface area contributed by atoms with Crippen molar-refractivity contribution in [1.82, 2.24) is 5.32 Å². The second kappa shape index (κ2) is 8.94. The monoisotopic (exact) mass is 369 g/mol. The second-order valence-corrected chi connectivity index (χ2v) is 7.91. The molecule has 0 saturated heterocycles. The van der Waals surface area contributed by atoms with E-state index in [1.54, 1.807) is 6.92 Å². The van der Waals surface area contributed by atoms with E-state index in [9.17, 15) is 4.79 Å². The van der Waals surface area contributed by atoms with E-state index in [2.05, 4.69) is 32.2 Å². The number of amides is 1. The minimum absolute atomic E-state index is 0.00781. The Bertz CT molecular complexity index is 777. The van der Waals surface area contributed by atoms with Crippen molar-refractivity contribution in [2.45, 2.75) is 53.1 Å². The molecule has 2 aromatic carbocycles. The Hall–Kier alpha value is -2.49. The van der Waals surface area contributed by atoms with Crippen LogP contribution in [0.25, 0.3) is 0 Å². The van der Waals surface area contributed by atoms with Gasteiger partial charge >= 0.3 is 0 Å². The van der Waals surface area contributed by atoms with Gasteiger partial charge in [0.15, 0.2) is 6.10 Å². The number of benzene rings is 2. The number of rotatable bonds is 7. The molecule has 0 radical (unpaired) electrons. The smallest absolute Gasteiger partial charge is 0.260 e. The molecule has 0 heterocycles. The fourth-order valence-electron chi connectivity index (χ4n) is 2.77. The molecular weight excluding hydrogens is 338 g/mol. The van der Waals surface area contributed by atoms with Crippen LogP contribution in [0, 0.1) is 13.8 Å². The van der Waals surface area contributed by atoms with Gasteiger partial charge in [0.2, 0.25) is 0 Å². The third kappa shape index (κ3) is 6.02. The average Bonchev–Trinajstić information content (AvgIpc) is 2.61. The standard InChI is InChI=1S/C23H31NO3/c1-16-11-12-17(2)21(15-16)27-18(3)22(25)24-13-14-26-20-10-8-7-9-19(20)23(4,5)6/h7-12,15,18H,13-14H2,1-6H3,(H,24,25)/t18-/m0/s1. The van der Waals surface area contributed by atoms with Gasteiger partial charge in [-0.05, 0) is 55.0 Å². The summed E-state index contributed by atoms with van der Waals surface area (Å²) >= 11 is 0. The molecule has 0 aliphatic rings. The van der Waals surface area contributed by atoms with E-state index < -0.39 is 6.10 Å². The zero-order valence-electron chi connectivity index (χ0n) is 17.3. The zero-order chi connectivity index (χ0) is 20.0. The van der Waals surface area contributed by atoms with E-state index in [0.29, 0.717) is 13.2 Å². The number of aryl methyl sites for hydroxylation is 2. The van der Waals surface area contributed by atoms with Gasteiger partial charge in [-0.1, -0.05) is 51.1 Å². The van der Waals surface area contributed by atoms with E-state index in [-0.39, 0.29) is 11.3 Å². The Kier molecular flexibility index (Phi) is 6.89. The summed E-state index contributed by atoms with van der Waals surface area (Å²) in [5.41, 5.74) is 3.29. The van der Waals surface area contributed by atoms with Crippen LogP contribution < -0.4 is 14.8 Å². The lowest BCUT2D eigenvalue weighted by Gasteiger charge is -2.23. The molecule has 4 heteroatoms. The predicted octanol–water partition coefficient (Wildman–Crippen LogP) is 4.56. The van der Waals surface area contributed by atoms with Crippen molar-refractivity contribution >= 4 is 5.91 Å². The maximum Gasteiger partial charge on any atom is 0.260 e. The second-order valence-electron chi connectivity index (χ2n) is 7.91. The van der Waals surface area contributed by atoms with Crippen molar-refractivity contribution in [1.29, 1.82) is 0 Å². The highest BCUT2D eigenvalue weighted by Crippen LogP contribution is 2.30. The maximum atomic E-state index is 12.3. The van der Waals surface area contributed by atoms with E-state index in [0.717, 1.165) is 28.2 Å². The summed E-state index contributed by atoms with van der Waals surface area (Å²) in [4.78, 5) is 12.3. The van der Waals surface area contributed by atoms with Crippen LogP contribution in [-0.4, -0.2) is 25.2 Å². The summed E-state index contributed by atoms with van der Waals surface area (Å²) in [6.07, 6.45) is -0.563. The van der Waals surface area contributed by atoms with Gasteiger partial charge < -0.3 is 14.8 Å². The molecule has 0 bridgehead atoms. The fraction of sp³-hybridized carbons (Fsp3) is 0.435. The Morgan fingerprint density at radius 3 is 2.48 bits per heavy atom. The number of para-hydroxylation sites is 1. The van der Waals surface area contributed by atoms with Crippen molar-refractivity contribution in [3.8, 4) is 11.5 Å². The summed E-state index contributed by atoms with van der Waals surface area (Å²) in [7, 11) is 0. The molecule has 1 amide bonds. The lowest BCUT2D eigenvalue weighted by molar-refractivity contribution is -0.127. The van der Waals surface area contributed by atoms with Crippen LogP contribution in [0.15, 0.2) is 42.5 Å². The van der Waals surface area contributed by atoms with Crippen LogP contribution in [0.4, 0.5) is 0 Å². The highest BCUT2D eigenvalue weighted by molar-refractivity contribution is 5.80. The van der Waals surface area contributed by atoms with Crippen molar-refractivity contribution in [3.63, 3.8) is 0 Å². The molecule has 2 rings (SSSR count). The highest BCUT2D eigenvalue weighted by Gasteiger charge is 2.19. The Labute approximate surface area is 162 Å². The van der Waals surface area contributed by atoms with Gasteiger partial charge in [-0.15, -0.1) is 0 Å². The molecule has 0 aromatic heterocycles. The molecule has 0 unspecified atom stereocenters. The van der Waals surface area contributed by atoms with Crippen LogP contribution in [0.5, 0.6) is 11.5 Å². The lowest BCUT2D eigenvalue weighted by atomic mass is 9.86. The van der Waals surface area contributed by atoms with Crippen LogP contribution in [0.2, 0.25) is 0 Å². The minimum atomic E-state index is -0.563.